The van der Waals surface area contributed by atoms with Crippen LogP contribution in [0.5, 0.6) is 0 Å². The van der Waals surface area contributed by atoms with Crippen LogP contribution >= 0.6 is 11.6 Å². The first-order valence-electron chi connectivity index (χ1n) is 6.64. The number of aromatic nitrogens is 2. The number of sulfone groups is 1. The van der Waals surface area contributed by atoms with Crippen LogP contribution in [0.3, 0.4) is 0 Å². The Labute approximate surface area is 123 Å². The van der Waals surface area contributed by atoms with E-state index in [9.17, 15) is 8.42 Å². The average molecular weight is 317 g/mol. The lowest BCUT2D eigenvalue weighted by Crippen LogP contribution is -2.21. The lowest BCUT2D eigenvalue weighted by Gasteiger charge is -2.14. The van der Waals surface area contributed by atoms with E-state index < -0.39 is 9.84 Å². The van der Waals surface area contributed by atoms with Crippen LogP contribution in [0.1, 0.15) is 12.8 Å². The first kappa shape index (κ1) is 14.0. The zero-order valence-electron chi connectivity index (χ0n) is 11.1. The van der Waals surface area contributed by atoms with E-state index in [0.717, 1.165) is 32.2 Å². The molecular weight excluding hydrogens is 300 g/mol. The Morgan fingerprint density at radius 2 is 1.95 bits per heavy atom. The fourth-order valence-corrected chi connectivity index (χ4v) is 4.37. The number of nitrogens with one attached hydrogen (secondary N) is 2. The molecule has 1 saturated carbocycles. The SMILES string of the molecule is CS(=O)(=O)c1cc(N[C@H]2C[C@H]3CNC[C@H]3C2)nnc1Cl. The van der Waals surface area contributed by atoms with E-state index in [1.165, 1.54) is 6.07 Å². The predicted octanol–water partition coefficient (Wildman–Crippen LogP) is 0.943. The highest BCUT2D eigenvalue weighted by Crippen LogP contribution is 2.35. The van der Waals surface area contributed by atoms with Crippen molar-refractivity contribution in [2.45, 2.75) is 23.8 Å². The molecule has 0 spiro atoms. The summed E-state index contributed by atoms with van der Waals surface area (Å²) in [6.45, 7) is 2.15. The van der Waals surface area contributed by atoms with E-state index in [1.54, 1.807) is 0 Å². The molecule has 20 heavy (non-hydrogen) atoms. The molecule has 2 heterocycles. The lowest BCUT2D eigenvalue weighted by atomic mass is 10.0. The fraction of sp³-hybridized carbons (Fsp3) is 0.667. The van der Waals surface area contributed by atoms with Crippen LogP contribution in [-0.4, -0.2) is 44.0 Å². The molecule has 0 amide bonds. The maximum absolute atomic E-state index is 11.6. The molecule has 1 aliphatic heterocycles. The van der Waals surface area contributed by atoms with Crippen LogP contribution in [-0.2, 0) is 9.84 Å². The zero-order chi connectivity index (χ0) is 14.3. The maximum Gasteiger partial charge on any atom is 0.178 e. The van der Waals surface area contributed by atoms with Gasteiger partial charge in [-0.25, -0.2) is 8.42 Å². The molecule has 3 atom stereocenters. The monoisotopic (exact) mass is 316 g/mol. The molecule has 8 heteroatoms. The van der Waals surface area contributed by atoms with Gasteiger partial charge in [-0.05, 0) is 37.8 Å². The maximum atomic E-state index is 11.6. The predicted molar refractivity (Wildman–Crippen MR) is 76.6 cm³/mol. The summed E-state index contributed by atoms with van der Waals surface area (Å²) in [4.78, 5) is 0.0246. The van der Waals surface area contributed by atoms with Gasteiger partial charge in [0.15, 0.2) is 15.0 Å². The molecule has 0 aromatic carbocycles. The van der Waals surface area contributed by atoms with Gasteiger partial charge in [0, 0.05) is 18.4 Å². The van der Waals surface area contributed by atoms with Crippen LogP contribution in [0, 0.1) is 11.8 Å². The van der Waals surface area contributed by atoms with Gasteiger partial charge >= 0.3 is 0 Å². The molecule has 2 fully saturated rings. The van der Waals surface area contributed by atoms with Crippen LogP contribution in [0.25, 0.3) is 0 Å². The largest absolute Gasteiger partial charge is 0.366 e. The number of rotatable bonds is 3. The summed E-state index contributed by atoms with van der Waals surface area (Å²) in [5, 5.41) is 14.3. The summed E-state index contributed by atoms with van der Waals surface area (Å²) < 4.78 is 23.2. The van der Waals surface area contributed by atoms with E-state index in [0.29, 0.717) is 23.7 Å². The Morgan fingerprint density at radius 3 is 2.55 bits per heavy atom. The van der Waals surface area contributed by atoms with Crippen molar-refractivity contribution >= 4 is 27.3 Å². The van der Waals surface area contributed by atoms with Gasteiger partial charge in [0.2, 0.25) is 0 Å². The second-order valence-electron chi connectivity index (χ2n) is 5.65. The summed E-state index contributed by atoms with van der Waals surface area (Å²) in [6, 6.07) is 1.80. The number of hydrogen-bond acceptors (Lipinski definition) is 6. The fourth-order valence-electron chi connectivity index (χ4n) is 3.18. The Kier molecular flexibility index (Phi) is 3.60. The molecule has 110 valence electrons. The van der Waals surface area contributed by atoms with Crippen LogP contribution in [0.4, 0.5) is 5.82 Å². The normalized spacial score (nSPS) is 29.4. The van der Waals surface area contributed by atoms with Gasteiger partial charge in [-0.3, -0.25) is 0 Å². The molecule has 2 N–H and O–H groups in total. The van der Waals surface area contributed by atoms with E-state index in [1.807, 2.05) is 0 Å². The molecule has 6 nitrogen and oxygen atoms in total. The molecule has 1 aliphatic carbocycles. The number of halogens is 1. The van der Waals surface area contributed by atoms with Crippen molar-refractivity contribution in [2.75, 3.05) is 24.7 Å². The van der Waals surface area contributed by atoms with E-state index in [2.05, 4.69) is 20.8 Å². The molecule has 0 bridgehead atoms. The summed E-state index contributed by atoms with van der Waals surface area (Å²) in [5.74, 6) is 1.90. The van der Waals surface area contributed by atoms with Crippen molar-refractivity contribution in [3.8, 4) is 0 Å². The number of hydrogen-bond donors (Lipinski definition) is 2. The summed E-state index contributed by atoms with van der Waals surface area (Å²) in [5.41, 5.74) is 0. The van der Waals surface area contributed by atoms with Gasteiger partial charge in [0.1, 0.15) is 10.7 Å². The van der Waals surface area contributed by atoms with Crippen molar-refractivity contribution in [2.24, 2.45) is 11.8 Å². The van der Waals surface area contributed by atoms with Gasteiger partial charge in [-0.1, -0.05) is 11.6 Å². The number of fused-ring (bicyclic) bond motifs is 1. The zero-order valence-corrected chi connectivity index (χ0v) is 12.7. The van der Waals surface area contributed by atoms with Crippen molar-refractivity contribution < 1.29 is 8.42 Å². The van der Waals surface area contributed by atoms with Crippen LogP contribution < -0.4 is 10.6 Å². The van der Waals surface area contributed by atoms with Gasteiger partial charge in [0.05, 0.1) is 0 Å². The van der Waals surface area contributed by atoms with E-state index in [4.69, 9.17) is 11.6 Å². The minimum atomic E-state index is -3.39. The third-order valence-electron chi connectivity index (χ3n) is 4.12. The highest BCUT2D eigenvalue weighted by molar-refractivity contribution is 7.90. The topological polar surface area (TPSA) is 84.0 Å². The number of nitrogens with zero attached hydrogens (tertiary/aromatic N) is 2. The third-order valence-corrected chi connectivity index (χ3v) is 5.62. The molecule has 1 aromatic heterocycles. The van der Waals surface area contributed by atoms with Crippen molar-refractivity contribution in [3.05, 3.63) is 11.2 Å². The highest BCUT2D eigenvalue weighted by Gasteiger charge is 2.37. The van der Waals surface area contributed by atoms with Gasteiger partial charge in [-0.2, -0.15) is 0 Å². The first-order chi connectivity index (χ1) is 9.43. The second-order valence-corrected chi connectivity index (χ2v) is 7.99. The van der Waals surface area contributed by atoms with Gasteiger partial charge in [0.25, 0.3) is 0 Å². The quantitative estimate of drug-likeness (QED) is 0.863. The van der Waals surface area contributed by atoms with E-state index in [-0.39, 0.29) is 10.0 Å². The lowest BCUT2D eigenvalue weighted by molar-refractivity contribution is 0.494. The first-order valence-corrected chi connectivity index (χ1v) is 8.91. The summed E-state index contributed by atoms with van der Waals surface area (Å²) in [7, 11) is -3.39. The number of anilines is 1. The smallest absolute Gasteiger partial charge is 0.178 e. The molecule has 0 radical (unpaired) electrons. The van der Waals surface area contributed by atoms with Crippen LogP contribution in [0.2, 0.25) is 5.15 Å². The standard InChI is InChI=1S/C12H17ClN4O2S/c1-20(18,19)10-4-11(16-17-12(10)13)15-9-2-7-5-14-6-8(7)3-9/h4,7-9,14H,2-3,5-6H2,1H3,(H,15,16)/t7-,8+,9-. The molecule has 1 aromatic rings. The van der Waals surface area contributed by atoms with Crippen molar-refractivity contribution in [1.29, 1.82) is 0 Å². The van der Waals surface area contributed by atoms with Gasteiger partial charge < -0.3 is 10.6 Å². The Balaban J connectivity index is 1.75. The summed E-state index contributed by atoms with van der Waals surface area (Å²) in [6.07, 6.45) is 3.28. The molecule has 3 rings (SSSR count). The second kappa shape index (κ2) is 5.13. The Morgan fingerprint density at radius 1 is 1.30 bits per heavy atom. The molecule has 0 unspecified atom stereocenters. The summed E-state index contributed by atoms with van der Waals surface area (Å²) >= 11 is 5.79. The van der Waals surface area contributed by atoms with Gasteiger partial charge in [-0.15, -0.1) is 10.2 Å². The van der Waals surface area contributed by atoms with Crippen molar-refractivity contribution in [3.63, 3.8) is 0 Å². The highest BCUT2D eigenvalue weighted by atomic mass is 35.5. The minimum absolute atomic E-state index is 0.0246. The van der Waals surface area contributed by atoms with E-state index >= 15 is 0 Å². The Bertz CT molecular complexity index is 610. The minimum Gasteiger partial charge on any atom is -0.366 e. The Hall–Kier alpha value is -0.920. The molecular formula is C12H17ClN4O2S. The average Bonchev–Trinajstić information content (AvgIpc) is 2.90. The van der Waals surface area contributed by atoms with Crippen LogP contribution in [0.15, 0.2) is 11.0 Å². The molecule has 1 saturated heterocycles. The van der Waals surface area contributed by atoms with Crippen molar-refractivity contribution in [1.82, 2.24) is 15.5 Å². The molecule has 2 aliphatic rings. The third kappa shape index (κ3) is 2.75.